The minimum Gasteiger partial charge on any atom is -0.237 e. The van der Waals surface area contributed by atoms with Gasteiger partial charge in [0.05, 0.1) is 5.69 Å². The first-order valence-electron chi connectivity index (χ1n) is 9.82. The molecule has 0 aliphatic rings. The van der Waals surface area contributed by atoms with Crippen molar-refractivity contribution in [3.05, 3.63) is 102 Å². The summed E-state index contributed by atoms with van der Waals surface area (Å²) in [5, 5.41) is 1.20. The van der Waals surface area contributed by atoms with E-state index in [1.54, 1.807) is 11.3 Å². The van der Waals surface area contributed by atoms with E-state index in [0.29, 0.717) is 0 Å². The second-order valence-corrected chi connectivity index (χ2v) is 8.45. The number of fused-ring (bicyclic) bond motifs is 1. The number of nitrogens with zero attached hydrogens (tertiary/aromatic N) is 1. The lowest BCUT2D eigenvalue weighted by atomic mass is 10.0. The number of aryl methyl sites for hydroxylation is 2. The average molecular weight is 392 g/mol. The smallest absolute Gasteiger partial charge is 0.124 e. The third-order valence-corrected chi connectivity index (χ3v) is 6.44. The summed E-state index contributed by atoms with van der Waals surface area (Å²) in [4.78, 5) is 7.38. The van der Waals surface area contributed by atoms with E-state index in [1.807, 2.05) is 6.07 Å². The van der Waals surface area contributed by atoms with Crippen LogP contribution in [0.2, 0.25) is 0 Å². The highest BCUT2D eigenvalue weighted by atomic mass is 32.1. The maximum Gasteiger partial charge on any atom is 0.124 e. The molecular weight excluding hydrogens is 370 g/mol. The Labute approximate surface area is 175 Å². The van der Waals surface area contributed by atoms with Crippen LogP contribution < -0.4 is 0 Å². The van der Waals surface area contributed by atoms with Crippen molar-refractivity contribution in [2.75, 3.05) is 0 Å². The largest absolute Gasteiger partial charge is 0.237 e. The quantitative estimate of drug-likeness (QED) is 0.304. The number of hydrogen-bond acceptors (Lipinski definition) is 2. The number of pyridine rings is 1. The van der Waals surface area contributed by atoms with Crippen molar-refractivity contribution < 1.29 is 0 Å². The van der Waals surface area contributed by atoms with Gasteiger partial charge in [-0.3, -0.25) is 0 Å². The predicted octanol–water partition coefficient (Wildman–Crippen LogP) is 7.91. The van der Waals surface area contributed by atoms with Crippen LogP contribution in [0.3, 0.4) is 0 Å². The molecule has 0 N–H and O–H groups in total. The lowest BCUT2D eigenvalue weighted by Crippen LogP contribution is -1.84. The second-order valence-electron chi connectivity index (χ2n) is 7.42. The molecule has 0 saturated heterocycles. The summed E-state index contributed by atoms with van der Waals surface area (Å²) in [5.74, 6) is 0. The molecule has 0 bridgehead atoms. The molecule has 2 heteroatoms. The van der Waals surface area contributed by atoms with Gasteiger partial charge in [0, 0.05) is 15.8 Å². The van der Waals surface area contributed by atoms with Crippen LogP contribution >= 0.6 is 11.3 Å². The number of rotatable bonds is 3. The van der Waals surface area contributed by atoms with Gasteiger partial charge in [-0.25, -0.2) is 4.98 Å². The minimum absolute atomic E-state index is 1.02. The van der Waals surface area contributed by atoms with Crippen LogP contribution in [0.5, 0.6) is 0 Å². The number of benzene rings is 3. The molecule has 1 nitrogen and oxygen atoms in total. The molecule has 5 aromatic rings. The highest BCUT2D eigenvalue weighted by Gasteiger charge is 2.11. The van der Waals surface area contributed by atoms with E-state index in [4.69, 9.17) is 4.98 Å². The molecule has 2 heterocycles. The first-order valence-corrected chi connectivity index (χ1v) is 10.6. The van der Waals surface area contributed by atoms with Crippen LogP contribution in [0, 0.1) is 13.8 Å². The predicted molar refractivity (Wildman–Crippen MR) is 125 cm³/mol. The lowest BCUT2D eigenvalue weighted by molar-refractivity contribution is 1.39. The van der Waals surface area contributed by atoms with E-state index < -0.39 is 0 Å². The van der Waals surface area contributed by atoms with Crippen LogP contribution in [0.25, 0.3) is 43.0 Å². The molecule has 140 valence electrons. The maximum absolute atomic E-state index is 5.00. The third kappa shape index (κ3) is 3.37. The molecule has 5 rings (SSSR count). The average Bonchev–Trinajstić information content (AvgIpc) is 3.17. The first kappa shape index (κ1) is 17.8. The zero-order valence-corrected chi connectivity index (χ0v) is 17.3. The van der Waals surface area contributed by atoms with Gasteiger partial charge in [0.1, 0.15) is 4.83 Å². The van der Waals surface area contributed by atoms with Crippen LogP contribution in [0.1, 0.15) is 11.1 Å². The van der Waals surface area contributed by atoms with Crippen LogP contribution in [0.15, 0.2) is 91.0 Å². The Hall–Kier alpha value is -3.23. The fraction of sp³-hybridized carbons (Fsp3) is 0.0741. The Balaban J connectivity index is 1.58. The summed E-state index contributed by atoms with van der Waals surface area (Å²) in [6.07, 6.45) is 0. The van der Waals surface area contributed by atoms with Gasteiger partial charge in [0.15, 0.2) is 0 Å². The summed E-state index contributed by atoms with van der Waals surface area (Å²) >= 11 is 1.78. The Morgan fingerprint density at radius 3 is 2.10 bits per heavy atom. The van der Waals surface area contributed by atoms with Crippen molar-refractivity contribution in [2.45, 2.75) is 13.8 Å². The van der Waals surface area contributed by atoms with Gasteiger partial charge < -0.3 is 0 Å². The molecule has 0 unspecified atom stereocenters. The molecule has 0 saturated carbocycles. The number of hydrogen-bond donors (Lipinski definition) is 0. The Morgan fingerprint density at radius 1 is 0.621 bits per heavy atom. The molecule has 0 spiro atoms. The zero-order chi connectivity index (χ0) is 19.8. The van der Waals surface area contributed by atoms with E-state index in [-0.39, 0.29) is 0 Å². The van der Waals surface area contributed by atoms with Gasteiger partial charge in [0.25, 0.3) is 0 Å². The second kappa shape index (κ2) is 7.31. The van der Waals surface area contributed by atoms with Crippen molar-refractivity contribution in [1.29, 1.82) is 0 Å². The van der Waals surface area contributed by atoms with Gasteiger partial charge in [-0.2, -0.15) is 0 Å². The van der Waals surface area contributed by atoms with E-state index in [0.717, 1.165) is 16.1 Å². The molecule has 2 aromatic heterocycles. The lowest BCUT2D eigenvalue weighted by Gasteiger charge is -2.06. The van der Waals surface area contributed by atoms with Crippen molar-refractivity contribution in [3.63, 3.8) is 0 Å². The summed E-state index contributed by atoms with van der Waals surface area (Å²) in [7, 11) is 0. The van der Waals surface area contributed by atoms with E-state index in [2.05, 4.69) is 98.8 Å². The molecule has 0 amide bonds. The van der Waals surface area contributed by atoms with Crippen LogP contribution in [0.4, 0.5) is 0 Å². The van der Waals surface area contributed by atoms with Crippen LogP contribution in [-0.2, 0) is 0 Å². The van der Waals surface area contributed by atoms with Gasteiger partial charge in [-0.05, 0) is 65.9 Å². The van der Waals surface area contributed by atoms with Gasteiger partial charge in [0.2, 0.25) is 0 Å². The Kier molecular flexibility index (Phi) is 4.49. The third-order valence-electron chi connectivity index (χ3n) is 5.38. The molecule has 0 aliphatic carbocycles. The topological polar surface area (TPSA) is 12.9 Å². The van der Waals surface area contributed by atoms with Gasteiger partial charge in [-0.15, -0.1) is 11.3 Å². The maximum atomic E-state index is 5.00. The highest BCUT2D eigenvalue weighted by Crippen LogP contribution is 2.37. The SMILES string of the molecule is Cc1cccc(C)c1-c1cc2ccc(-c3cccc(-c4ccccc4)c3)nc2s1. The summed E-state index contributed by atoms with van der Waals surface area (Å²) in [6.45, 7) is 4.36. The molecule has 29 heavy (non-hydrogen) atoms. The van der Waals surface area contributed by atoms with Crippen molar-refractivity contribution >= 4 is 21.6 Å². The Morgan fingerprint density at radius 2 is 1.31 bits per heavy atom. The molecule has 0 radical (unpaired) electrons. The number of thiophene rings is 1. The molecule has 0 atom stereocenters. The fourth-order valence-corrected chi connectivity index (χ4v) is 5.10. The monoisotopic (exact) mass is 391 g/mol. The number of aromatic nitrogens is 1. The molecular formula is C27H21NS. The molecule has 0 fully saturated rings. The van der Waals surface area contributed by atoms with E-state index >= 15 is 0 Å². The normalized spacial score (nSPS) is 11.1. The van der Waals surface area contributed by atoms with E-state index in [1.165, 1.54) is 38.1 Å². The summed E-state index contributed by atoms with van der Waals surface area (Å²) in [6, 6.07) is 32.2. The van der Waals surface area contributed by atoms with Crippen molar-refractivity contribution in [1.82, 2.24) is 4.98 Å². The first-order chi connectivity index (χ1) is 14.2. The van der Waals surface area contributed by atoms with Crippen LogP contribution in [-0.4, -0.2) is 4.98 Å². The molecule has 3 aromatic carbocycles. The minimum atomic E-state index is 1.02. The van der Waals surface area contributed by atoms with Gasteiger partial charge >= 0.3 is 0 Å². The Bertz CT molecular complexity index is 1290. The van der Waals surface area contributed by atoms with Gasteiger partial charge in [-0.1, -0.05) is 66.7 Å². The van der Waals surface area contributed by atoms with Crippen molar-refractivity contribution in [3.8, 4) is 32.8 Å². The van der Waals surface area contributed by atoms with E-state index in [9.17, 15) is 0 Å². The fourth-order valence-electron chi connectivity index (χ4n) is 3.89. The van der Waals surface area contributed by atoms with Crippen molar-refractivity contribution in [2.24, 2.45) is 0 Å². The highest BCUT2D eigenvalue weighted by molar-refractivity contribution is 7.21. The standard InChI is InChI=1S/C27H21NS/c1-18-8-6-9-19(2)26(18)25-17-23-14-15-24(28-27(23)29-25)22-13-7-12-21(16-22)20-10-4-3-5-11-20/h3-17H,1-2H3. The summed E-state index contributed by atoms with van der Waals surface area (Å²) < 4.78 is 0. The summed E-state index contributed by atoms with van der Waals surface area (Å²) in [5.41, 5.74) is 8.57. The zero-order valence-electron chi connectivity index (χ0n) is 16.5. The molecule has 0 aliphatic heterocycles.